The lowest BCUT2D eigenvalue weighted by Gasteiger charge is -2.26. The number of methoxy groups -OCH3 is 3. The Kier molecular flexibility index (Phi) is 7.29. The molecule has 190 valence electrons. The number of aliphatic hydroxyl groups excluding tert-OH is 1. The van der Waals surface area contributed by atoms with Gasteiger partial charge in [0.2, 0.25) is 0 Å². The van der Waals surface area contributed by atoms with Crippen LogP contribution in [0.1, 0.15) is 40.0 Å². The van der Waals surface area contributed by atoms with Crippen molar-refractivity contribution in [1.82, 2.24) is 0 Å². The predicted octanol–water partition coefficient (Wildman–Crippen LogP) is 4.68. The fourth-order valence-corrected chi connectivity index (χ4v) is 4.39. The zero-order valence-corrected chi connectivity index (χ0v) is 21.0. The zero-order valence-electron chi connectivity index (χ0n) is 21.0. The maximum absolute atomic E-state index is 13.5. The normalized spacial score (nSPS) is 16.5. The van der Waals surface area contributed by atoms with Gasteiger partial charge in [-0.2, -0.15) is 0 Å². The number of amides is 1. The first kappa shape index (κ1) is 25.5. The van der Waals surface area contributed by atoms with Gasteiger partial charge in [-0.3, -0.25) is 14.5 Å². The van der Waals surface area contributed by atoms with Gasteiger partial charge in [-0.05, 0) is 53.9 Å². The van der Waals surface area contributed by atoms with Crippen LogP contribution in [-0.4, -0.2) is 44.1 Å². The van der Waals surface area contributed by atoms with Gasteiger partial charge in [0.1, 0.15) is 17.3 Å². The number of carbonyl (C=O) groups excluding carboxylic acids is 3. The standard InChI is InChI=1S/C29H27NO7/c1-5-17-9-11-18(12-10-17)25-24(26(31)22-16-21(35-2)13-14-23(22)36-3)27(32)28(33)30(25)20-8-6-7-19(15-20)29(34)37-4/h6-16,25,31H,5H2,1-4H3/b26-24+. The molecule has 0 spiro atoms. The van der Waals surface area contributed by atoms with Crippen molar-refractivity contribution < 1.29 is 33.7 Å². The summed E-state index contributed by atoms with van der Waals surface area (Å²) in [6.07, 6.45) is 0.808. The lowest BCUT2D eigenvalue weighted by molar-refractivity contribution is -0.132. The van der Waals surface area contributed by atoms with Crippen molar-refractivity contribution in [3.63, 3.8) is 0 Å². The lowest BCUT2D eigenvalue weighted by atomic mass is 9.94. The largest absolute Gasteiger partial charge is 0.507 e. The summed E-state index contributed by atoms with van der Waals surface area (Å²) >= 11 is 0. The highest BCUT2D eigenvalue weighted by molar-refractivity contribution is 6.51. The third-order valence-electron chi connectivity index (χ3n) is 6.36. The molecule has 4 rings (SSSR count). The maximum Gasteiger partial charge on any atom is 0.337 e. The summed E-state index contributed by atoms with van der Waals surface area (Å²) in [5, 5.41) is 11.5. The summed E-state index contributed by atoms with van der Waals surface area (Å²) < 4.78 is 15.5. The molecule has 1 fully saturated rings. The van der Waals surface area contributed by atoms with E-state index in [0.717, 1.165) is 12.0 Å². The molecule has 0 saturated carbocycles. The molecule has 1 atom stereocenters. The van der Waals surface area contributed by atoms with Crippen LogP contribution in [0.5, 0.6) is 11.5 Å². The third-order valence-corrected chi connectivity index (χ3v) is 6.36. The van der Waals surface area contributed by atoms with Crippen LogP contribution in [0, 0.1) is 0 Å². The number of carbonyl (C=O) groups is 3. The van der Waals surface area contributed by atoms with Gasteiger partial charge < -0.3 is 19.3 Å². The van der Waals surface area contributed by atoms with Crippen molar-refractivity contribution in [3.05, 3.63) is 94.6 Å². The van der Waals surface area contributed by atoms with Gasteiger partial charge in [0.25, 0.3) is 11.7 Å². The quantitative estimate of drug-likeness (QED) is 0.217. The van der Waals surface area contributed by atoms with Gasteiger partial charge >= 0.3 is 5.97 Å². The molecule has 0 aliphatic carbocycles. The maximum atomic E-state index is 13.5. The summed E-state index contributed by atoms with van der Waals surface area (Å²) in [6, 6.07) is 17.6. The van der Waals surface area contributed by atoms with E-state index >= 15 is 0 Å². The summed E-state index contributed by atoms with van der Waals surface area (Å²) in [5.74, 6) is -1.94. The Bertz CT molecular complexity index is 1390. The molecule has 1 N–H and O–H groups in total. The molecule has 0 aromatic heterocycles. The number of Topliss-reactive ketones (excluding diaryl/α,β-unsaturated/α-hetero) is 1. The van der Waals surface area contributed by atoms with Gasteiger partial charge in [-0.15, -0.1) is 0 Å². The number of hydrogen-bond donors (Lipinski definition) is 1. The van der Waals surface area contributed by atoms with E-state index in [-0.39, 0.29) is 16.7 Å². The van der Waals surface area contributed by atoms with E-state index in [1.54, 1.807) is 30.3 Å². The highest BCUT2D eigenvalue weighted by Crippen LogP contribution is 2.44. The topological polar surface area (TPSA) is 102 Å². The van der Waals surface area contributed by atoms with E-state index < -0.39 is 29.5 Å². The van der Waals surface area contributed by atoms with Crippen LogP contribution in [0.25, 0.3) is 5.76 Å². The Hall–Kier alpha value is -4.59. The van der Waals surface area contributed by atoms with Gasteiger partial charge in [-0.25, -0.2) is 4.79 Å². The molecule has 1 aliphatic rings. The molecule has 0 radical (unpaired) electrons. The minimum absolute atomic E-state index is 0.107. The number of ketones is 1. The molecule has 3 aromatic carbocycles. The van der Waals surface area contributed by atoms with Gasteiger partial charge in [-0.1, -0.05) is 37.3 Å². The van der Waals surface area contributed by atoms with E-state index in [0.29, 0.717) is 22.7 Å². The summed E-state index contributed by atoms with van der Waals surface area (Å²) in [7, 11) is 4.18. The van der Waals surface area contributed by atoms with Crippen LogP contribution < -0.4 is 14.4 Å². The van der Waals surface area contributed by atoms with Crippen LogP contribution >= 0.6 is 0 Å². The van der Waals surface area contributed by atoms with Crippen molar-refractivity contribution in [1.29, 1.82) is 0 Å². The smallest absolute Gasteiger partial charge is 0.337 e. The van der Waals surface area contributed by atoms with Crippen molar-refractivity contribution in [3.8, 4) is 11.5 Å². The lowest BCUT2D eigenvalue weighted by Crippen LogP contribution is -2.29. The third kappa shape index (κ3) is 4.65. The van der Waals surface area contributed by atoms with Crippen LogP contribution in [0.4, 0.5) is 5.69 Å². The van der Waals surface area contributed by atoms with Gasteiger partial charge in [0.15, 0.2) is 0 Å². The number of anilines is 1. The van der Waals surface area contributed by atoms with Crippen LogP contribution in [0.15, 0.2) is 72.3 Å². The number of aryl methyl sites for hydroxylation is 1. The molecule has 8 heteroatoms. The van der Waals surface area contributed by atoms with E-state index in [2.05, 4.69) is 0 Å². The van der Waals surface area contributed by atoms with Crippen LogP contribution in [0.2, 0.25) is 0 Å². The molecular formula is C29H27NO7. The number of hydrogen-bond acceptors (Lipinski definition) is 7. The summed E-state index contributed by atoms with van der Waals surface area (Å²) in [5.41, 5.74) is 2.32. The summed E-state index contributed by atoms with van der Waals surface area (Å²) in [6.45, 7) is 2.02. The molecule has 3 aromatic rings. The fraction of sp³-hybridized carbons (Fsp3) is 0.207. The van der Waals surface area contributed by atoms with Crippen molar-refractivity contribution >= 4 is 29.1 Å². The van der Waals surface area contributed by atoms with E-state index in [1.165, 1.54) is 38.4 Å². The second kappa shape index (κ2) is 10.6. The number of benzene rings is 3. The number of ether oxygens (including phenoxy) is 3. The highest BCUT2D eigenvalue weighted by atomic mass is 16.5. The van der Waals surface area contributed by atoms with E-state index in [1.807, 2.05) is 31.2 Å². The number of nitrogens with zero attached hydrogens (tertiary/aromatic N) is 1. The second-order valence-corrected chi connectivity index (χ2v) is 8.37. The SMILES string of the molecule is CCc1ccc(C2/C(=C(\O)c3cc(OC)ccc3OC)C(=O)C(=O)N2c2cccc(C(=O)OC)c2)cc1. The average Bonchev–Trinajstić information content (AvgIpc) is 3.21. The number of esters is 1. The Morgan fingerprint density at radius 1 is 0.946 bits per heavy atom. The first-order valence-corrected chi connectivity index (χ1v) is 11.6. The van der Waals surface area contributed by atoms with E-state index in [9.17, 15) is 19.5 Å². The van der Waals surface area contributed by atoms with Crippen LogP contribution in [-0.2, 0) is 20.7 Å². The first-order chi connectivity index (χ1) is 17.8. The monoisotopic (exact) mass is 501 g/mol. The molecule has 1 saturated heterocycles. The Balaban J connectivity index is 1.97. The molecular weight excluding hydrogens is 474 g/mol. The van der Waals surface area contributed by atoms with E-state index in [4.69, 9.17) is 14.2 Å². The molecule has 37 heavy (non-hydrogen) atoms. The fourth-order valence-electron chi connectivity index (χ4n) is 4.39. The number of rotatable bonds is 7. The minimum atomic E-state index is -0.963. The molecule has 1 aliphatic heterocycles. The van der Waals surface area contributed by atoms with Crippen LogP contribution in [0.3, 0.4) is 0 Å². The first-order valence-electron chi connectivity index (χ1n) is 11.6. The van der Waals surface area contributed by atoms with Crippen molar-refractivity contribution in [2.24, 2.45) is 0 Å². The van der Waals surface area contributed by atoms with Gasteiger partial charge in [0, 0.05) is 5.69 Å². The van der Waals surface area contributed by atoms with Gasteiger partial charge in [0.05, 0.1) is 44.1 Å². The molecule has 1 heterocycles. The van der Waals surface area contributed by atoms with Crippen molar-refractivity contribution in [2.45, 2.75) is 19.4 Å². The zero-order chi connectivity index (χ0) is 26.7. The molecule has 1 amide bonds. The predicted molar refractivity (Wildman–Crippen MR) is 138 cm³/mol. The minimum Gasteiger partial charge on any atom is -0.507 e. The Morgan fingerprint density at radius 3 is 2.30 bits per heavy atom. The number of aliphatic hydroxyl groups is 1. The summed E-state index contributed by atoms with van der Waals surface area (Å²) in [4.78, 5) is 40.4. The average molecular weight is 502 g/mol. The Morgan fingerprint density at radius 2 is 1.68 bits per heavy atom. The van der Waals surface area contributed by atoms with Crippen molar-refractivity contribution in [2.75, 3.05) is 26.2 Å². The molecule has 0 bridgehead atoms. The Labute approximate surface area is 214 Å². The molecule has 8 nitrogen and oxygen atoms in total. The highest BCUT2D eigenvalue weighted by Gasteiger charge is 2.47. The molecule has 1 unspecified atom stereocenters. The second-order valence-electron chi connectivity index (χ2n) is 8.37.